The normalized spacial score (nSPS) is 15.1. The Morgan fingerprint density at radius 3 is 2.53 bits per heavy atom. The van der Waals surface area contributed by atoms with Crippen LogP contribution in [0.15, 0.2) is 47.0 Å². The molecular weight excluding hydrogens is 382 g/mol. The van der Waals surface area contributed by atoms with Gasteiger partial charge in [0.15, 0.2) is 5.78 Å². The zero-order valence-corrected chi connectivity index (χ0v) is 16.5. The van der Waals surface area contributed by atoms with Crippen LogP contribution in [0.4, 0.5) is 0 Å². The van der Waals surface area contributed by atoms with Crippen LogP contribution in [-0.2, 0) is 17.8 Å². The molecule has 2 N–H and O–H groups in total. The van der Waals surface area contributed by atoms with Crippen molar-refractivity contribution in [2.75, 3.05) is 0 Å². The largest absolute Gasteiger partial charge is 0.483 e. The van der Waals surface area contributed by atoms with Crippen LogP contribution in [0.5, 0.6) is 0 Å². The highest BCUT2D eigenvalue weighted by Gasteiger charge is 2.21. The fraction of sp³-hybridized carbons (Fsp3) is 0.304. The number of ketones is 1. The Kier molecular flexibility index (Phi) is 5.99. The van der Waals surface area contributed by atoms with E-state index in [0.717, 1.165) is 35.2 Å². The van der Waals surface area contributed by atoms with Crippen molar-refractivity contribution >= 4 is 12.3 Å². The first-order valence-electron chi connectivity index (χ1n) is 10.1. The monoisotopic (exact) mass is 405 g/mol. The van der Waals surface area contributed by atoms with Gasteiger partial charge in [-0.25, -0.2) is 0 Å². The Bertz CT molecular complexity index is 1040. The van der Waals surface area contributed by atoms with E-state index >= 15 is 0 Å². The zero-order chi connectivity index (χ0) is 20.9. The Balaban J connectivity index is 0.000000687. The predicted molar refractivity (Wildman–Crippen MR) is 111 cm³/mol. The number of hydrogen-bond acceptors (Lipinski definition) is 6. The minimum Gasteiger partial charge on any atom is -0.483 e. The maximum atomic E-state index is 12.0. The van der Waals surface area contributed by atoms with Crippen molar-refractivity contribution in [3.8, 4) is 22.8 Å². The minimum atomic E-state index is -0.250. The second kappa shape index (κ2) is 9.00. The highest BCUT2D eigenvalue weighted by atomic mass is 16.5. The van der Waals surface area contributed by atoms with Gasteiger partial charge in [0, 0.05) is 35.7 Å². The summed E-state index contributed by atoms with van der Waals surface area (Å²) in [7, 11) is 0. The number of carbonyl (C=O) groups excluding carboxylic acids is 1. The van der Waals surface area contributed by atoms with Crippen molar-refractivity contribution in [3.63, 3.8) is 0 Å². The summed E-state index contributed by atoms with van der Waals surface area (Å²) >= 11 is 0. The summed E-state index contributed by atoms with van der Waals surface area (Å²) in [5.41, 5.74) is 4.87. The van der Waals surface area contributed by atoms with E-state index in [-0.39, 0.29) is 12.3 Å². The Morgan fingerprint density at radius 2 is 1.83 bits per heavy atom. The molecule has 0 spiro atoms. The predicted octanol–water partition coefficient (Wildman–Crippen LogP) is 3.88. The van der Waals surface area contributed by atoms with Crippen molar-refractivity contribution in [2.45, 2.75) is 44.7 Å². The standard InChI is InChI=1S/C22H21N3O2.CH2O2/c26-20-11-10-15-8-9-17(12-19(15)20)22-24-21(25-27-22)16-6-4-14(5-7-16)13-23-18-2-1-3-18;2-1-3/h4-9,12,18,23H,1-3,10-11,13H2;1H,(H,2,3). The first-order valence-corrected chi connectivity index (χ1v) is 10.1. The quantitative estimate of drug-likeness (QED) is 0.621. The number of rotatable bonds is 5. The molecule has 0 unspecified atom stereocenters. The Labute approximate surface area is 174 Å². The van der Waals surface area contributed by atoms with Crippen molar-refractivity contribution in [1.82, 2.24) is 15.5 Å². The second-order valence-electron chi connectivity index (χ2n) is 7.53. The molecule has 7 heteroatoms. The van der Waals surface area contributed by atoms with Crippen LogP contribution in [0.25, 0.3) is 22.8 Å². The molecule has 7 nitrogen and oxygen atoms in total. The van der Waals surface area contributed by atoms with Crippen molar-refractivity contribution in [2.24, 2.45) is 0 Å². The molecule has 2 aliphatic rings. The first-order chi connectivity index (χ1) is 14.7. The summed E-state index contributed by atoms with van der Waals surface area (Å²) in [5, 5.41) is 14.6. The summed E-state index contributed by atoms with van der Waals surface area (Å²) < 4.78 is 5.45. The number of Topliss-reactive ketones (excluding diaryl/α,β-unsaturated/α-hetero) is 1. The highest BCUT2D eigenvalue weighted by Crippen LogP contribution is 2.28. The number of carbonyl (C=O) groups is 2. The van der Waals surface area contributed by atoms with Crippen LogP contribution in [0.1, 0.15) is 47.2 Å². The van der Waals surface area contributed by atoms with E-state index < -0.39 is 0 Å². The number of aryl methyl sites for hydroxylation is 1. The van der Waals surface area contributed by atoms with Gasteiger partial charge in [0.1, 0.15) is 0 Å². The van der Waals surface area contributed by atoms with Gasteiger partial charge in [0.25, 0.3) is 12.4 Å². The maximum Gasteiger partial charge on any atom is 0.290 e. The number of carboxylic acid groups (broad SMARTS) is 1. The molecule has 0 bridgehead atoms. The van der Waals surface area contributed by atoms with E-state index in [1.165, 1.54) is 24.8 Å². The van der Waals surface area contributed by atoms with Gasteiger partial charge in [-0.15, -0.1) is 0 Å². The lowest BCUT2D eigenvalue weighted by molar-refractivity contribution is -0.122. The molecule has 0 amide bonds. The van der Waals surface area contributed by atoms with E-state index in [2.05, 4.69) is 27.6 Å². The molecule has 5 rings (SSSR count). The number of nitrogens with one attached hydrogen (secondary N) is 1. The van der Waals surface area contributed by atoms with Crippen molar-refractivity contribution in [3.05, 3.63) is 59.2 Å². The lowest BCUT2D eigenvalue weighted by Gasteiger charge is -2.26. The van der Waals surface area contributed by atoms with Gasteiger partial charge in [-0.2, -0.15) is 4.98 Å². The highest BCUT2D eigenvalue weighted by molar-refractivity contribution is 6.01. The van der Waals surface area contributed by atoms with Gasteiger partial charge < -0.3 is 14.9 Å². The van der Waals surface area contributed by atoms with E-state index in [4.69, 9.17) is 14.4 Å². The average molecular weight is 405 g/mol. The molecule has 0 atom stereocenters. The molecule has 0 aliphatic heterocycles. The summed E-state index contributed by atoms with van der Waals surface area (Å²) in [6.07, 6.45) is 5.34. The fourth-order valence-electron chi connectivity index (χ4n) is 3.67. The smallest absolute Gasteiger partial charge is 0.290 e. The Hall–Kier alpha value is -3.32. The number of nitrogens with zero attached hydrogens (tertiary/aromatic N) is 2. The molecule has 0 saturated heterocycles. The molecule has 1 heterocycles. The van der Waals surface area contributed by atoms with Gasteiger partial charge in [0.2, 0.25) is 5.82 Å². The molecule has 2 aliphatic carbocycles. The van der Waals surface area contributed by atoms with E-state index in [1.54, 1.807) is 0 Å². The summed E-state index contributed by atoms with van der Waals surface area (Å²) in [4.78, 5) is 24.8. The summed E-state index contributed by atoms with van der Waals surface area (Å²) in [6, 6.07) is 14.8. The van der Waals surface area contributed by atoms with E-state index in [9.17, 15) is 4.79 Å². The molecule has 3 aromatic rings. The van der Waals surface area contributed by atoms with Crippen LogP contribution in [0.2, 0.25) is 0 Å². The molecular formula is C23H23N3O4. The zero-order valence-electron chi connectivity index (χ0n) is 16.5. The SMILES string of the molecule is O=C1CCc2ccc(-c3nc(-c4ccc(CNC5CCC5)cc4)no3)cc21.O=CO. The molecule has 2 aromatic carbocycles. The van der Waals surface area contributed by atoms with E-state index in [0.29, 0.717) is 24.2 Å². The summed E-state index contributed by atoms with van der Waals surface area (Å²) in [6.45, 7) is 0.644. The third-order valence-corrected chi connectivity index (χ3v) is 5.62. The third-order valence-electron chi connectivity index (χ3n) is 5.62. The summed E-state index contributed by atoms with van der Waals surface area (Å²) in [5.74, 6) is 1.20. The third kappa shape index (κ3) is 4.31. The molecule has 1 saturated carbocycles. The number of hydrogen-bond donors (Lipinski definition) is 2. The van der Waals surface area contributed by atoms with Crippen molar-refractivity contribution in [1.29, 1.82) is 0 Å². The van der Waals surface area contributed by atoms with Gasteiger partial charge >= 0.3 is 0 Å². The van der Waals surface area contributed by atoms with Gasteiger partial charge in [-0.05, 0) is 42.5 Å². The topological polar surface area (TPSA) is 105 Å². The van der Waals surface area contributed by atoms with Gasteiger partial charge in [0.05, 0.1) is 0 Å². The molecule has 0 radical (unpaired) electrons. The lowest BCUT2D eigenvalue weighted by atomic mass is 9.93. The number of benzene rings is 2. The van der Waals surface area contributed by atoms with Gasteiger partial charge in [-0.3, -0.25) is 9.59 Å². The van der Waals surface area contributed by atoms with Crippen LogP contribution < -0.4 is 5.32 Å². The average Bonchev–Trinajstić information content (AvgIpc) is 3.35. The van der Waals surface area contributed by atoms with Crippen LogP contribution >= 0.6 is 0 Å². The molecule has 1 aromatic heterocycles. The van der Waals surface area contributed by atoms with Crippen LogP contribution in [0, 0.1) is 0 Å². The molecule has 1 fully saturated rings. The first kappa shape index (κ1) is 20.0. The number of fused-ring (bicyclic) bond motifs is 1. The minimum absolute atomic E-state index is 0.192. The second-order valence-corrected chi connectivity index (χ2v) is 7.53. The lowest BCUT2D eigenvalue weighted by Crippen LogP contribution is -2.34. The fourth-order valence-corrected chi connectivity index (χ4v) is 3.67. The van der Waals surface area contributed by atoms with E-state index in [1.807, 2.05) is 30.3 Å². The Morgan fingerprint density at radius 1 is 1.10 bits per heavy atom. The number of aromatic nitrogens is 2. The van der Waals surface area contributed by atoms with Gasteiger partial charge in [-0.1, -0.05) is 41.9 Å². The van der Waals surface area contributed by atoms with Crippen LogP contribution in [-0.4, -0.2) is 33.5 Å². The van der Waals surface area contributed by atoms with Crippen molar-refractivity contribution < 1.29 is 19.2 Å². The van der Waals surface area contributed by atoms with Crippen LogP contribution in [0.3, 0.4) is 0 Å². The molecule has 154 valence electrons. The molecule has 30 heavy (non-hydrogen) atoms. The maximum absolute atomic E-state index is 12.0.